The summed E-state index contributed by atoms with van der Waals surface area (Å²) in [4.78, 5) is 4.60. The number of ether oxygens (including phenoxy) is 2. The topological polar surface area (TPSA) is 75.4 Å². The Morgan fingerprint density at radius 1 is 1.14 bits per heavy atom. The van der Waals surface area contributed by atoms with Gasteiger partial charge in [0, 0.05) is 10.9 Å². The number of nitrogens with zero attached hydrogens (tertiary/aromatic N) is 2. The van der Waals surface area contributed by atoms with Crippen molar-refractivity contribution in [2.75, 3.05) is 14.2 Å². The number of hydrogen-bond acceptors (Lipinski definition) is 6. The number of allylic oxidation sites excluding steroid dienone is 1. The average Bonchev–Trinajstić information content (AvgIpc) is 3.19. The van der Waals surface area contributed by atoms with Crippen LogP contribution in [-0.4, -0.2) is 24.3 Å². The molecule has 1 heterocycles. The third-order valence-corrected chi connectivity index (χ3v) is 5.97. The molecule has 3 aromatic rings. The van der Waals surface area contributed by atoms with Gasteiger partial charge in [0.25, 0.3) is 0 Å². The summed E-state index contributed by atoms with van der Waals surface area (Å²) < 4.78 is 11.7. The monoisotopic (exact) mass is 520 g/mol. The second kappa shape index (κ2) is 8.78. The van der Waals surface area contributed by atoms with Gasteiger partial charge in [-0.3, -0.25) is 0 Å². The molecule has 1 aromatic heterocycles. The predicted molar refractivity (Wildman–Crippen MR) is 118 cm³/mol. The Morgan fingerprint density at radius 3 is 2.43 bits per heavy atom. The number of thiazole rings is 1. The molecule has 0 aliphatic rings. The fourth-order valence-corrected chi connectivity index (χ4v) is 4.52. The standard InChI is InChI=1S/C20H14Br2N2O3S/c1-26-17-4-3-12(8-18(17)27-2)16-10-28-20(24-16)13(9-23)5-11-6-14(21)19(25)15(22)7-11/h3-8,10,25H,1-2H3/b13-5-. The summed E-state index contributed by atoms with van der Waals surface area (Å²) in [6, 6.07) is 11.2. The summed E-state index contributed by atoms with van der Waals surface area (Å²) in [5.74, 6) is 1.37. The second-order valence-electron chi connectivity index (χ2n) is 5.61. The summed E-state index contributed by atoms with van der Waals surface area (Å²) in [6.45, 7) is 0. The van der Waals surface area contributed by atoms with Crippen molar-refractivity contribution in [3.8, 4) is 34.6 Å². The van der Waals surface area contributed by atoms with Crippen LogP contribution in [0, 0.1) is 11.3 Å². The van der Waals surface area contributed by atoms with Gasteiger partial charge in [0.05, 0.1) is 34.4 Å². The number of halogens is 2. The molecule has 0 aliphatic heterocycles. The van der Waals surface area contributed by atoms with Gasteiger partial charge in [-0.25, -0.2) is 4.98 Å². The van der Waals surface area contributed by atoms with E-state index in [0.29, 0.717) is 31.0 Å². The first kappa shape index (κ1) is 20.4. The SMILES string of the molecule is COc1ccc(-c2csc(/C(C#N)=C\c3cc(Br)c(O)c(Br)c3)n2)cc1OC. The molecule has 28 heavy (non-hydrogen) atoms. The maximum atomic E-state index is 9.84. The third-order valence-electron chi connectivity index (χ3n) is 3.88. The van der Waals surface area contributed by atoms with Crippen LogP contribution < -0.4 is 9.47 Å². The Kier molecular flexibility index (Phi) is 6.39. The molecule has 5 nitrogen and oxygen atoms in total. The van der Waals surface area contributed by atoms with Gasteiger partial charge < -0.3 is 14.6 Å². The maximum Gasteiger partial charge on any atom is 0.161 e. The van der Waals surface area contributed by atoms with Crippen molar-refractivity contribution in [2.24, 2.45) is 0 Å². The van der Waals surface area contributed by atoms with E-state index in [1.54, 1.807) is 32.4 Å². The van der Waals surface area contributed by atoms with E-state index in [0.717, 1.165) is 16.8 Å². The molecule has 0 unspecified atom stereocenters. The summed E-state index contributed by atoms with van der Waals surface area (Å²) in [5, 5.41) is 21.9. The highest BCUT2D eigenvalue weighted by Gasteiger charge is 2.13. The average molecular weight is 522 g/mol. The Balaban J connectivity index is 1.97. The predicted octanol–water partition coefficient (Wildman–Crippen LogP) is 6.12. The fourth-order valence-electron chi connectivity index (χ4n) is 2.50. The molecular formula is C20H14Br2N2O3S. The van der Waals surface area contributed by atoms with Gasteiger partial charge in [-0.15, -0.1) is 11.3 Å². The molecular weight excluding hydrogens is 508 g/mol. The number of hydrogen-bond donors (Lipinski definition) is 1. The van der Waals surface area contributed by atoms with E-state index in [2.05, 4.69) is 42.9 Å². The molecule has 1 N–H and O–H groups in total. The molecule has 0 atom stereocenters. The third kappa shape index (κ3) is 4.22. The summed E-state index contributed by atoms with van der Waals surface area (Å²) >= 11 is 7.98. The maximum absolute atomic E-state index is 9.84. The van der Waals surface area contributed by atoms with Crippen LogP contribution in [-0.2, 0) is 0 Å². The first-order valence-electron chi connectivity index (χ1n) is 7.95. The highest BCUT2D eigenvalue weighted by molar-refractivity contribution is 9.11. The minimum absolute atomic E-state index is 0.112. The van der Waals surface area contributed by atoms with Gasteiger partial charge in [0.1, 0.15) is 16.8 Å². The normalized spacial score (nSPS) is 11.2. The molecule has 0 amide bonds. The van der Waals surface area contributed by atoms with Crippen molar-refractivity contribution in [3.05, 3.63) is 55.2 Å². The zero-order chi connectivity index (χ0) is 20.3. The van der Waals surface area contributed by atoms with Crippen LogP contribution in [0.2, 0.25) is 0 Å². The lowest BCUT2D eigenvalue weighted by Crippen LogP contribution is -1.91. The smallest absolute Gasteiger partial charge is 0.161 e. The van der Waals surface area contributed by atoms with Gasteiger partial charge >= 0.3 is 0 Å². The number of nitriles is 1. The lowest BCUT2D eigenvalue weighted by atomic mass is 10.1. The molecule has 3 rings (SSSR count). The molecule has 0 fully saturated rings. The van der Waals surface area contributed by atoms with E-state index in [-0.39, 0.29) is 5.75 Å². The van der Waals surface area contributed by atoms with Gasteiger partial charge in [0.2, 0.25) is 0 Å². The van der Waals surface area contributed by atoms with E-state index >= 15 is 0 Å². The van der Waals surface area contributed by atoms with E-state index in [1.807, 2.05) is 23.6 Å². The molecule has 0 aliphatic carbocycles. The molecule has 0 saturated heterocycles. The van der Waals surface area contributed by atoms with Crippen LogP contribution in [0.1, 0.15) is 10.6 Å². The quantitative estimate of drug-likeness (QED) is 0.409. The minimum Gasteiger partial charge on any atom is -0.506 e. The lowest BCUT2D eigenvalue weighted by Gasteiger charge is -2.08. The van der Waals surface area contributed by atoms with E-state index < -0.39 is 0 Å². The number of methoxy groups -OCH3 is 2. The summed E-state index contributed by atoms with van der Waals surface area (Å²) in [7, 11) is 3.17. The van der Waals surface area contributed by atoms with Crippen molar-refractivity contribution < 1.29 is 14.6 Å². The molecule has 0 bridgehead atoms. The van der Waals surface area contributed by atoms with Crippen molar-refractivity contribution >= 4 is 54.8 Å². The molecule has 142 valence electrons. The largest absolute Gasteiger partial charge is 0.506 e. The van der Waals surface area contributed by atoms with Crippen LogP contribution in [0.25, 0.3) is 22.9 Å². The Labute approximate surface area is 183 Å². The molecule has 0 spiro atoms. The number of phenolic OH excluding ortho intramolecular Hbond substituents is 1. The minimum atomic E-state index is 0.112. The molecule has 0 radical (unpaired) electrons. The Hall–Kier alpha value is -2.34. The zero-order valence-electron chi connectivity index (χ0n) is 14.9. The van der Waals surface area contributed by atoms with Crippen LogP contribution in [0.5, 0.6) is 17.2 Å². The Bertz CT molecular complexity index is 1080. The number of phenols is 1. The first-order valence-corrected chi connectivity index (χ1v) is 10.4. The second-order valence-corrected chi connectivity index (χ2v) is 8.18. The van der Waals surface area contributed by atoms with Gasteiger partial charge in [0.15, 0.2) is 11.5 Å². The van der Waals surface area contributed by atoms with Crippen molar-refractivity contribution in [1.29, 1.82) is 5.26 Å². The van der Waals surface area contributed by atoms with Crippen LogP contribution in [0.3, 0.4) is 0 Å². The number of rotatable bonds is 5. The number of benzene rings is 2. The number of aromatic hydroxyl groups is 1. The number of aromatic nitrogens is 1. The Morgan fingerprint density at radius 2 is 1.82 bits per heavy atom. The molecule has 2 aromatic carbocycles. The van der Waals surface area contributed by atoms with Gasteiger partial charge in [-0.1, -0.05) is 0 Å². The van der Waals surface area contributed by atoms with Crippen molar-refractivity contribution in [2.45, 2.75) is 0 Å². The van der Waals surface area contributed by atoms with E-state index in [9.17, 15) is 10.4 Å². The molecule has 8 heteroatoms. The van der Waals surface area contributed by atoms with E-state index in [4.69, 9.17) is 9.47 Å². The van der Waals surface area contributed by atoms with Crippen LogP contribution in [0.15, 0.2) is 44.7 Å². The zero-order valence-corrected chi connectivity index (χ0v) is 18.9. The highest BCUT2D eigenvalue weighted by atomic mass is 79.9. The van der Waals surface area contributed by atoms with E-state index in [1.165, 1.54) is 11.3 Å². The van der Waals surface area contributed by atoms with Crippen LogP contribution >= 0.6 is 43.2 Å². The van der Waals surface area contributed by atoms with Crippen molar-refractivity contribution in [1.82, 2.24) is 4.98 Å². The molecule has 0 saturated carbocycles. The van der Waals surface area contributed by atoms with Crippen molar-refractivity contribution in [3.63, 3.8) is 0 Å². The lowest BCUT2D eigenvalue weighted by molar-refractivity contribution is 0.355. The summed E-state index contributed by atoms with van der Waals surface area (Å²) in [6.07, 6.45) is 1.73. The first-order chi connectivity index (χ1) is 13.5. The van der Waals surface area contributed by atoms with Crippen LogP contribution in [0.4, 0.5) is 0 Å². The van der Waals surface area contributed by atoms with Gasteiger partial charge in [-0.2, -0.15) is 5.26 Å². The fraction of sp³-hybridized carbons (Fsp3) is 0.100. The highest BCUT2D eigenvalue weighted by Crippen LogP contribution is 2.36. The summed E-state index contributed by atoms with van der Waals surface area (Å²) in [5.41, 5.74) is 2.81. The van der Waals surface area contributed by atoms with Gasteiger partial charge in [-0.05, 0) is 73.8 Å².